The Balaban J connectivity index is 0. The molecule has 0 aromatic heterocycles. The van der Waals surface area contributed by atoms with Gasteiger partial charge in [0, 0.05) is 0 Å². The average molecular weight is 211 g/mol. The predicted molar refractivity (Wildman–Crippen MR) is 37.5 cm³/mol. The van der Waals surface area contributed by atoms with Crippen LogP contribution in [0, 0.1) is 0 Å². The third-order valence-electron chi connectivity index (χ3n) is 0.471. The molecule has 0 fully saturated rings. The summed E-state index contributed by atoms with van der Waals surface area (Å²) in [6.07, 6.45) is 0.468. The van der Waals surface area contributed by atoms with Crippen molar-refractivity contribution in [3.8, 4) is 0 Å². The fourth-order valence-corrected chi connectivity index (χ4v) is 0. The first-order chi connectivity index (χ1) is 2.27. The van der Waals surface area contributed by atoms with Crippen molar-refractivity contribution in [2.75, 3.05) is 0 Å². The van der Waals surface area contributed by atoms with Crippen molar-refractivity contribution in [1.29, 1.82) is 0 Å². The van der Waals surface area contributed by atoms with Gasteiger partial charge in [0.25, 0.3) is 0 Å². The van der Waals surface area contributed by atoms with E-state index in [4.69, 9.17) is 3.76 Å². The maximum atomic E-state index is 4.94. The molecule has 0 aliphatic rings. The van der Waals surface area contributed by atoms with Crippen LogP contribution in [0.5, 0.6) is 0 Å². The summed E-state index contributed by atoms with van der Waals surface area (Å²) >= 11 is 0.584. The third-order valence-corrected chi connectivity index (χ3v) is 2.45. The Morgan fingerprint density at radius 2 is 1.67 bits per heavy atom. The van der Waals surface area contributed by atoms with E-state index in [1.165, 1.54) is 0 Å². The molecular weight excluding hydrogens is 197 g/mol. The number of hydrogen-bond acceptors (Lipinski definition) is 1. The molecule has 0 atom stereocenters. The van der Waals surface area contributed by atoms with Crippen LogP contribution in [-0.4, -0.2) is 40.6 Å². The van der Waals surface area contributed by atoms with Gasteiger partial charge in [0.2, 0.25) is 0 Å². The van der Waals surface area contributed by atoms with E-state index in [2.05, 4.69) is 0 Å². The zero-order valence-corrected chi connectivity index (χ0v) is 8.18. The van der Waals surface area contributed by atoms with Gasteiger partial charge in [-0.25, -0.2) is 0 Å². The quantitative estimate of drug-likeness (QED) is 0.467. The van der Waals surface area contributed by atoms with Crippen LogP contribution in [0.4, 0.5) is 0 Å². The molecule has 0 N–H and O–H groups in total. The molecule has 0 spiro atoms. The molecule has 0 amide bonds. The van der Waals surface area contributed by atoms with E-state index >= 15 is 0 Å². The van der Waals surface area contributed by atoms with Gasteiger partial charge in [-0.1, -0.05) is 0 Å². The first kappa shape index (κ1) is 10.1. The molecule has 40 valence electrons. The van der Waals surface area contributed by atoms with Crippen molar-refractivity contribution < 1.29 is 3.76 Å². The van der Waals surface area contributed by atoms with E-state index in [1.54, 1.807) is 0 Å². The maximum absolute atomic E-state index is 4.94. The van der Waals surface area contributed by atoms with Gasteiger partial charge in [0.15, 0.2) is 0 Å². The molecule has 0 aliphatic carbocycles. The van der Waals surface area contributed by atoms with Crippen LogP contribution < -0.4 is 0 Å². The number of hydrogen-bond donors (Lipinski definition) is 0. The van der Waals surface area contributed by atoms with Gasteiger partial charge in [-0.2, -0.15) is 0 Å². The standard InChI is InChI=1S/C3H10GeO.GeH4/c1-3(2)5-4;/h3H,1-2,4H3;1H4. The first-order valence-corrected chi connectivity index (χ1v) is 3.51. The van der Waals surface area contributed by atoms with E-state index in [0.29, 0.717) is 23.0 Å². The van der Waals surface area contributed by atoms with E-state index in [-0.39, 0.29) is 17.6 Å². The van der Waals surface area contributed by atoms with E-state index in [1.807, 2.05) is 13.8 Å². The van der Waals surface area contributed by atoms with Crippen molar-refractivity contribution in [3.05, 3.63) is 0 Å². The molecule has 0 rings (SSSR count). The van der Waals surface area contributed by atoms with Gasteiger partial charge in [0.1, 0.15) is 0 Å². The Bertz CT molecular complexity index is 22.8. The average Bonchev–Trinajstić information content (AvgIpc) is 1.38. The van der Waals surface area contributed by atoms with Gasteiger partial charge in [0.05, 0.1) is 0 Å². The summed E-state index contributed by atoms with van der Waals surface area (Å²) in [4.78, 5) is 0. The van der Waals surface area contributed by atoms with Crippen molar-refractivity contribution in [2.45, 2.75) is 20.0 Å². The van der Waals surface area contributed by atoms with E-state index < -0.39 is 0 Å². The van der Waals surface area contributed by atoms with Crippen molar-refractivity contribution in [3.63, 3.8) is 0 Å². The molecule has 0 radical (unpaired) electrons. The van der Waals surface area contributed by atoms with Crippen LogP contribution in [0.1, 0.15) is 13.8 Å². The normalized spacial score (nSPS) is 8.50. The van der Waals surface area contributed by atoms with Crippen LogP contribution in [0.15, 0.2) is 0 Å². The third kappa shape index (κ3) is 8.90. The fraction of sp³-hybridized carbons (Fsp3) is 1.00. The second-order valence-corrected chi connectivity index (χ2v) is 2.27. The van der Waals surface area contributed by atoms with Crippen molar-refractivity contribution >= 4 is 34.4 Å². The molecule has 0 aromatic rings. The van der Waals surface area contributed by atoms with Crippen LogP contribution in [0.2, 0.25) is 0 Å². The van der Waals surface area contributed by atoms with E-state index in [0.717, 1.165) is 0 Å². The molecule has 0 saturated heterocycles. The predicted octanol–water partition coefficient (Wildman–Crippen LogP) is -1.76. The molecule has 6 heavy (non-hydrogen) atoms. The van der Waals surface area contributed by atoms with Gasteiger partial charge in [-0.15, -0.1) is 0 Å². The molecule has 0 saturated carbocycles. The second-order valence-electron chi connectivity index (χ2n) is 1.28. The van der Waals surface area contributed by atoms with Gasteiger partial charge in [-0.05, 0) is 0 Å². The number of rotatable bonds is 1. The summed E-state index contributed by atoms with van der Waals surface area (Å²) < 4.78 is 4.94. The SMILES string of the molecule is CC(C)[O][GeH3].[GeH4]. The second kappa shape index (κ2) is 6.05. The van der Waals surface area contributed by atoms with Crippen LogP contribution >= 0.6 is 0 Å². The fourth-order valence-electron chi connectivity index (χ4n) is 0. The Morgan fingerprint density at radius 1 is 1.50 bits per heavy atom. The summed E-state index contributed by atoms with van der Waals surface area (Å²) in [5.74, 6) is 0. The van der Waals surface area contributed by atoms with Crippen LogP contribution in [0.25, 0.3) is 0 Å². The van der Waals surface area contributed by atoms with Crippen molar-refractivity contribution in [2.24, 2.45) is 0 Å². The Labute approximate surface area is 58.4 Å². The van der Waals surface area contributed by atoms with E-state index in [9.17, 15) is 0 Å². The zero-order chi connectivity index (χ0) is 4.28. The molecule has 0 aromatic carbocycles. The van der Waals surface area contributed by atoms with Crippen molar-refractivity contribution in [1.82, 2.24) is 0 Å². The molecule has 1 nitrogen and oxygen atoms in total. The molecule has 0 heterocycles. The summed E-state index contributed by atoms with van der Waals surface area (Å²) in [5.41, 5.74) is 0. The molecular formula is C3H14Ge2O. The molecule has 0 aliphatic heterocycles. The summed E-state index contributed by atoms with van der Waals surface area (Å²) in [6.45, 7) is 4.09. The topological polar surface area (TPSA) is 9.23 Å². The monoisotopic (exact) mass is 214 g/mol. The summed E-state index contributed by atoms with van der Waals surface area (Å²) in [6, 6.07) is 0. The molecule has 3 heteroatoms. The summed E-state index contributed by atoms with van der Waals surface area (Å²) in [5, 5.41) is 0. The Kier molecular flexibility index (Phi) is 10.2. The molecule has 0 bridgehead atoms. The van der Waals surface area contributed by atoms with Gasteiger partial charge >= 0.3 is 58.2 Å². The molecule has 0 unspecified atom stereocenters. The zero-order valence-electron chi connectivity index (χ0n) is 3.99. The van der Waals surface area contributed by atoms with Gasteiger partial charge in [-0.3, -0.25) is 0 Å². The Morgan fingerprint density at radius 3 is 1.67 bits per heavy atom. The van der Waals surface area contributed by atoms with Gasteiger partial charge < -0.3 is 0 Å². The first-order valence-electron chi connectivity index (χ1n) is 1.80. The Hall–Kier alpha value is 1.05. The minimum atomic E-state index is 0. The van der Waals surface area contributed by atoms with Crippen LogP contribution in [-0.2, 0) is 3.76 Å². The summed E-state index contributed by atoms with van der Waals surface area (Å²) in [7, 11) is 0. The minimum absolute atomic E-state index is 0. The van der Waals surface area contributed by atoms with Crippen LogP contribution in [0.3, 0.4) is 0 Å².